The Bertz CT molecular complexity index is 243. The van der Waals surface area contributed by atoms with Gasteiger partial charge in [0, 0.05) is 19.6 Å². The van der Waals surface area contributed by atoms with Gasteiger partial charge >= 0.3 is 0 Å². The minimum absolute atomic E-state index is 0.291. The highest BCUT2D eigenvalue weighted by atomic mass is 16.3. The Morgan fingerprint density at radius 3 is 2.77 bits per heavy atom. The van der Waals surface area contributed by atoms with Gasteiger partial charge in [0.1, 0.15) is 0 Å². The zero-order valence-corrected chi connectivity index (χ0v) is 7.61. The number of piperidine rings is 1. The van der Waals surface area contributed by atoms with Crippen LogP contribution in [-0.2, 0) is 0 Å². The van der Waals surface area contributed by atoms with E-state index in [0.29, 0.717) is 13.1 Å². The minimum Gasteiger partial charge on any atom is -0.389 e. The molecule has 13 heavy (non-hydrogen) atoms. The van der Waals surface area contributed by atoms with Crippen molar-refractivity contribution in [1.29, 1.82) is 0 Å². The molecule has 72 valence electrons. The van der Waals surface area contributed by atoms with E-state index in [0.717, 1.165) is 17.8 Å². The fourth-order valence-corrected chi connectivity index (χ4v) is 2.30. The molecule has 2 fully saturated rings. The molecule has 0 aromatic heterocycles. The number of nitrogens with one attached hydrogen (secondary N) is 1. The van der Waals surface area contributed by atoms with Crippen molar-refractivity contribution in [2.45, 2.75) is 12.5 Å². The largest absolute Gasteiger partial charge is 0.389 e. The molecule has 3 unspecified atom stereocenters. The Labute approximate surface area is 77.6 Å². The van der Waals surface area contributed by atoms with Crippen molar-refractivity contribution in [2.75, 3.05) is 26.2 Å². The zero-order valence-electron chi connectivity index (χ0n) is 7.61. The van der Waals surface area contributed by atoms with Crippen LogP contribution in [0.25, 0.3) is 0 Å². The molecule has 4 nitrogen and oxygen atoms in total. The maximum atomic E-state index is 9.24. The van der Waals surface area contributed by atoms with Crippen LogP contribution in [0.15, 0.2) is 4.99 Å². The second kappa shape index (κ2) is 2.61. The Morgan fingerprint density at radius 1 is 1.38 bits per heavy atom. The number of β-amino-alcohol motifs (C(OH)–C–C–N with tert-alkyl or cyclic N) is 1. The van der Waals surface area contributed by atoms with E-state index in [2.05, 4.69) is 15.2 Å². The number of aliphatic imine (C=N–C) groups is 1. The number of hydrogen-bond acceptors (Lipinski definition) is 4. The van der Waals surface area contributed by atoms with Crippen molar-refractivity contribution in [3.05, 3.63) is 0 Å². The van der Waals surface area contributed by atoms with Crippen molar-refractivity contribution >= 4 is 5.96 Å². The third kappa shape index (κ3) is 1.29. The van der Waals surface area contributed by atoms with Crippen molar-refractivity contribution in [2.24, 2.45) is 16.8 Å². The molecule has 2 aliphatic heterocycles. The van der Waals surface area contributed by atoms with Crippen LogP contribution in [0.2, 0.25) is 0 Å². The molecule has 0 radical (unpaired) electrons. The highest BCUT2D eigenvalue weighted by Crippen LogP contribution is 2.44. The number of guanidine groups is 1. The lowest BCUT2D eigenvalue weighted by molar-refractivity contribution is 0.177. The molecule has 4 heteroatoms. The standard InChI is InChI=1S/C9H15N3O/c13-8-2-10-9(11-3-8)12-4-6-1-7(6)5-12/h6-8,13H,1-5H2,(H,10,11). The molecule has 0 spiro atoms. The lowest BCUT2D eigenvalue weighted by atomic mass is 10.3. The molecule has 3 rings (SSSR count). The van der Waals surface area contributed by atoms with Gasteiger partial charge < -0.3 is 15.3 Å². The molecule has 0 aromatic carbocycles. The van der Waals surface area contributed by atoms with Crippen LogP contribution in [0, 0.1) is 11.8 Å². The Morgan fingerprint density at radius 2 is 2.15 bits per heavy atom. The fraction of sp³-hybridized carbons (Fsp3) is 0.889. The average molecular weight is 181 g/mol. The Kier molecular flexibility index (Phi) is 1.53. The number of hydrogen-bond donors (Lipinski definition) is 2. The van der Waals surface area contributed by atoms with Gasteiger partial charge in [-0.05, 0) is 18.3 Å². The highest BCUT2D eigenvalue weighted by molar-refractivity contribution is 5.81. The van der Waals surface area contributed by atoms with Gasteiger partial charge in [0.05, 0.1) is 12.6 Å². The van der Waals surface area contributed by atoms with Crippen LogP contribution in [0.1, 0.15) is 6.42 Å². The number of rotatable bonds is 0. The van der Waals surface area contributed by atoms with Gasteiger partial charge in [-0.3, -0.25) is 4.99 Å². The van der Waals surface area contributed by atoms with E-state index in [1.54, 1.807) is 0 Å². The molecule has 1 saturated heterocycles. The molecular formula is C9H15N3O. The molecule has 2 N–H and O–H groups in total. The summed E-state index contributed by atoms with van der Waals surface area (Å²) in [6, 6.07) is 0. The summed E-state index contributed by atoms with van der Waals surface area (Å²) in [7, 11) is 0. The smallest absolute Gasteiger partial charge is 0.194 e. The van der Waals surface area contributed by atoms with Crippen LogP contribution in [-0.4, -0.2) is 48.2 Å². The molecule has 0 bridgehead atoms. The summed E-state index contributed by atoms with van der Waals surface area (Å²) in [4.78, 5) is 6.65. The summed E-state index contributed by atoms with van der Waals surface area (Å²) >= 11 is 0. The third-order valence-electron chi connectivity index (χ3n) is 3.23. The Hall–Kier alpha value is -0.770. The highest BCUT2D eigenvalue weighted by Gasteiger charge is 2.46. The van der Waals surface area contributed by atoms with E-state index in [1.165, 1.54) is 19.5 Å². The van der Waals surface area contributed by atoms with Gasteiger partial charge in [0.15, 0.2) is 5.96 Å². The van der Waals surface area contributed by atoms with E-state index in [9.17, 15) is 5.11 Å². The zero-order chi connectivity index (χ0) is 8.84. The number of likely N-dealkylation sites (tertiary alicyclic amines) is 1. The van der Waals surface area contributed by atoms with Gasteiger partial charge in [-0.25, -0.2) is 0 Å². The van der Waals surface area contributed by atoms with E-state index in [-0.39, 0.29) is 6.10 Å². The Balaban J connectivity index is 1.65. The van der Waals surface area contributed by atoms with E-state index < -0.39 is 0 Å². The molecule has 0 aromatic rings. The quantitative estimate of drug-likeness (QED) is 0.517. The summed E-state index contributed by atoms with van der Waals surface area (Å²) in [5.74, 6) is 2.89. The monoisotopic (exact) mass is 181 g/mol. The SMILES string of the molecule is OC1CN=C(N2CC3CC3C2)NC1. The van der Waals surface area contributed by atoms with Crippen molar-refractivity contribution in [1.82, 2.24) is 10.2 Å². The van der Waals surface area contributed by atoms with Gasteiger partial charge in [-0.1, -0.05) is 0 Å². The van der Waals surface area contributed by atoms with Crippen molar-refractivity contribution < 1.29 is 5.11 Å². The molecule has 3 atom stereocenters. The molecule has 1 saturated carbocycles. The first-order valence-corrected chi connectivity index (χ1v) is 5.04. The van der Waals surface area contributed by atoms with Gasteiger partial charge in [-0.15, -0.1) is 0 Å². The predicted octanol–water partition coefficient (Wildman–Crippen LogP) is -0.742. The molecule has 3 aliphatic rings. The van der Waals surface area contributed by atoms with Crippen LogP contribution in [0.3, 0.4) is 0 Å². The second-order valence-corrected chi connectivity index (χ2v) is 4.36. The molecule has 1 aliphatic carbocycles. The minimum atomic E-state index is -0.291. The van der Waals surface area contributed by atoms with E-state index in [1.807, 2.05) is 0 Å². The maximum absolute atomic E-state index is 9.24. The second-order valence-electron chi connectivity index (χ2n) is 4.36. The first-order valence-electron chi connectivity index (χ1n) is 5.04. The summed E-state index contributed by atoms with van der Waals surface area (Å²) in [5.41, 5.74) is 0. The van der Waals surface area contributed by atoms with E-state index >= 15 is 0 Å². The lowest BCUT2D eigenvalue weighted by Gasteiger charge is -2.27. The summed E-state index contributed by atoms with van der Waals surface area (Å²) in [5, 5.41) is 12.4. The van der Waals surface area contributed by atoms with Crippen LogP contribution in [0.5, 0.6) is 0 Å². The van der Waals surface area contributed by atoms with E-state index in [4.69, 9.17) is 0 Å². The van der Waals surface area contributed by atoms with Gasteiger partial charge in [-0.2, -0.15) is 0 Å². The molecule has 2 heterocycles. The number of fused-ring (bicyclic) bond motifs is 1. The van der Waals surface area contributed by atoms with Gasteiger partial charge in [0.2, 0.25) is 0 Å². The van der Waals surface area contributed by atoms with Crippen LogP contribution < -0.4 is 5.32 Å². The number of nitrogens with zero attached hydrogens (tertiary/aromatic N) is 2. The lowest BCUT2D eigenvalue weighted by Crippen LogP contribution is -2.48. The maximum Gasteiger partial charge on any atom is 0.194 e. The third-order valence-corrected chi connectivity index (χ3v) is 3.23. The predicted molar refractivity (Wildman–Crippen MR) is 49.5 cm³/mol. The number of aliphatic hydroxyl groups is 1. The van der Waals surface area contributed by atoms with Crippen molar-refractivity contribution in [3.8, 4) is 0 Å². The fourth-order valence-electron chi connectivity index (χ4n) is 2.30. The summed E-state index contributed by atoms with van der Waals surface area (Å²) < 4.78 is 0. The average Bonchev–Trinajstić information content (AvgIpc) is 2.75. The first-order chi connectivity index (χ1) is 6.33. The summed E-state index contributed by atoms with van der Waals surface area (Å²) in [6.45, 7) is 3.57. The number of aliphatic hydroxyl groups excluding tert-OH is 1. The molecule has 0 amide bonds. The normalized spacial score (nSPS) is 42.4. The molecular weight excluding hydrogens is 166 g/mol. The first kappa shape index (κ1) is 7.62. The topological polar surface area (TPSA) is 47.9 Å². The van der Waals surface area contributed by atoms with Gasteiger partial charge in [0.25, 0.3) is 0 Å². The van der Waals surface area contributed by atoms with Crippen LogP contribution in [0.4, 0.5) is 0 Å². The van der Waals surface area contributed by atoms with Crippen LogP contribution >= 0.6 is 0 Å². The summed E-state index contributed by atoms with van der Waals surface area (Å²) in [6.07, 6.45) is 1.13. The van der Waals surface area contributed by atoms with Crippen molar-refractivity contribution in [3.63, 3.8) is 0 Å².